The maximum absolute atomic E-state index is 13.1. The molecule has 0 aliphatic rings. The number of carbonyl (C=O) groups excluding carboxylic acids is 2. The van der Waals surface area contributed by atoms with Gasteiger partial charge in [0.1, 0.15) is 5.69 Å². The predicted octanol–water partition coefficient (Wildman–Crippen LogP) is 4.28. The minimum atomic E-state index is -5.10. The van der Waals surface area contributed by atoms with Crippen LogP contribution in [-0.2, 0) is 12.4 Å². The summed E-state index contributed by atoms with van der Waals surface area (Å²) in [5.41, 5.74) is -3.69. The molecular formula is C22H20F6N6O2. The van der Waals surface area contributed by atoms with Gasteiger partial charge in [-0.25, -0.2) is 9.67 Å². The van der Waals surface area contributed by atoms with E-state index in [-0.39, 0.29) is 29.0 Å². The number of benzene rings is 1. The molecule has 0 bridgehead atoms. The molecule has 1 N–H and O–H groups in total. The topological polar surface area (TPSA) is 93.0 Å². The van der Waals surface area contributed by atoms with Gasteiger partial charge in [-0.05, 0) is 32.0 Å². The summed E-state index contributed by atoms with van der Waals surface area (Å²) >= 11 is 0. The summed E-state index contributed by atoms with van der Waals surface area (Å²) in [5.74, 6) is -1.39. The van der Waals surface area contributed by atoms with Crippen LogP contribution in [-0.4, -0.2) is 50.1 Å². The van der Waals surface area contributed by atoms with Crippen LogP contribution in [0.3, 0.4) is 0 Å². The first kappa shape index (κ1) is 26.6. The summed E-state index contributed by atoms with van der Waals surface area (Å²) in [6.45, 7) is 3.66. The molecule has 0 saturated carbocycles. The van der Waals surface area contributed by atoms with Crippen LogP contribution in [0.1, 0.15) is 57.4 Å². The van der Waals surface area contributed by atoms with E-state index >= 15 is 0 Å². The van der Waals surface area contributed by atoms with Crippen LogP contribution in [0.25, 0.3) is 5.82 Å². The molecule has 2 aromatic heterocycles. The fraction of sp³-hybridized carbons (Fsp3) is 0.318. The number of nitrogens with one attached hydrogen (secondary N) is 1. The molecule has 0 aliphatic heterocycles. The molecule has 0 spiro atoms. The van der Waals surface area contributed by atoms with Gasteiger partial charge >= 0.3 is 12.4 Å². The largest absolute Gasteiger partial charge is 0.416 e. The Morgan fingerprint density at radius 1 is 1.00 bits per heavy atom. The van der Waals surface area contributed by atoms with E-state index in [1.807, 2.05) is 0 Å². The van der Waals surface area contributed by atoms with E-state index in [2.05, 4.69) is 20.4 Å². The highest BCUT2D eigenvalue weighted by Crippen LogP contribution is 2.36. The first-order chi connectivity index (χ1) is 16.7. The molecule has 1 atom stereocenters. The van der Waals surface area contributed by atoms with Crippen LogP contribution < -0.4 is 5.32 Å². The number of rotatable bonds is 6. The van der Waals surface area contributed by atoms with E-state index in [9.17, 15) is 35.9 Å². The molecule has 3 aromatic rings. The number of hydrogen-bond donors (Lipinski definition) is 1. The minimum absolute atomic E-state index is 0.0620. The molecule has 0 aliphatic carbocycles. The number of carbonyl (C=O) groups is 2. The summed E-state index contributed by atoms with van der Waals surface area (Å²) in [5, 5.41) is 6.43. The average Bonchev–Trinajstić information content (AvgIpc) is 3.31. The Morgan fingerprint density at radius 2 is 1.58 bits per heavy atom. The third-order valence-electron chi connectivity index (χ3n) is 5.18. The van der Waals surface area contributed by atoms with Gasteiger partial charge in [-0.2, -0.15) is 31.4 Å². The van der Waals surface area contributed by atoms with Gasteiger partial charge < -0.3 is 10.2 Å². The number of nitrogens with zero attached hydrogens (tertiary/aromatic N) is 5. The van der Waals surface area contributed by atoms with Crippen molar-refractivity contribution in [2.45, 2.75) is 32.2 Å². The molecule has 36 heavy (non-hydrogen) atoms. The maximum atomic E-state index is 13.1. The lowest BCUT2D eigenvalue weighted by Gasteiger charge is -2.18. The van der Waals surface area contributed by atoms with Gasteiger partial charge in [0.15, 0.2) is 5.82 Å². The van der Waals surface area contributed by atoms with E-state index in [1.165, 1.54) is 41.3 Å². The van der Waals surface area contributed by atoms with Crippen LogP contribution in [0.15, 0.2) is 43.0 Å². The van der Waals surface area contributed by atoms with Gasteiger partial charge in [-0.15, -0.1) is 0 Å². The summed E-state index contributed by atoms with van der Waals surface area (Å²) in [6, 6.07) is -0.394. The SMILES string of the molecule is CCN(C)C(=O)c1cnn(-c2nccnc2C(C)NC(=O)c2cc(C(F)(F)F)cc(C(F)(F)F)c2)c1. The van der Waals surface area contributed by atoms with Crippen molar-refractivity contribution < 1.29 is 35.9 Å². The van der Waals surface area contributed by atoms with Crippen molar-refractivity contribution in [3.8, 4) is 5.82 Å². The summed E-state index contributed by atoms with van der Waals surface area (Å²) in [6.07, 6.45) is -4.90. The summed E-state index contributed by atoms with van der Waals surface area (Å²) < 4.78 is 80.1. The lowest BCUT2D eigenvalue weighted by atomic mass is 10.0. The van der Waals surface area contributed by atoms with E-state index in [4.69, 9.17) is 0 Å². The molecule has 0 fully saturated rings. The van der Waals surface area contributed by atoms with E-state index in [0.717, 1.165) is 0 Å². The number of aromatic nitrogens is 4. The highest BCUT2D eigenvalue weighted by Gasteiger charge is 2.37. The summed E-state index contributed by atoms with van der Waals surface area (Å²) in [4.78, 5) is 34.7. The first-order valence-electron chi connectivity index (χ1n) is 10.4. The zero-order valence-electron chi connectivity index (χ0n) is 19.1. The van der Waals surface area contributed by atoms with Gasteiger partial charge in [0.05, 0.1) is 28.9 Å². The fourth-order valence-corrected chi connectivity index (χ4v) is 3.17. The molecule has 2 amide bonds. The van der Waals surface area contributed by atoms with Crippen LogP contribution in [0.5, 0.6) is 0 Å². The summed E-state index contributed by atoms with van der Waals surface area (Å²) in [7, 11) is 1.60. The van der Waals surface area contributed by atoms with Crippen molar-refractivity contribution in [1.82, 2.24) is 30.0 Å². The third kappa shape index (κ3) is 5.80. The molecule has 2 heterocycles. The van der Waals surface area contributed by atoms with Gasteiger partial charge in [0.25, 0.3) is 11.8 Å². The predicted molar refractivity (Wildman–Crippen MR) is 114 cm³/mol. The van der Waals surface area contributed by atoms with Crippen LogP contribution in [0.2, 0.25) is 0 Å². The number of amides is 2. The smallest absolute Gasteiger partial charge is 0.344 e. The molecule has 3 rings (SSSR count). The highest BCUT2D eigenvalue weighted by molar-refractivity contribution is 5.95. The Kier molecular flexibility index (Phi) is 7.36. The van der Waals surface area contributed by atoms with Crippen molar-refractivity contribution >= 4 is 11.8 Å². The van der Waals surface area contributed by atoms with Gasteiger partial charge in [-0.3, -0.25) is 14.6 Å². The third-order valence-corrected chi connectivity index (χ3v) is 5.18. The van der Waals surface area contributed by atoms with E-state index < -0.39 is 41.0 Å². The quantitative estimate of drug-likeness (QED) is 0.496. The molecule has 0 radical (unpaired) electrons. The molecule has 1 aromatic carbocycles. The lowest BCUT2D eigenvalue weighted by molar-refractivity contribution is -0.143. The number of hydrogen-bond acceptors (Lipinski definition) is 5. The Hall–Kier alpha value is -3.97. The molecule has 192 valence electrons. The lowest BCUT2D eigenvalue weighted by Crippen LogP contribution is -2.29. The Balaban J connectivity index is 1.92. The molecule has 1 unspecified atom stereocenters. The Morgan fingerprint density at radius 3 is 2.14 bits per heavy atom. The van der Waals surface area contributed by atoms with Crippen molar-refractivity contribution in [2.75, 3.05) is 13.6 Å². The van der Waals surface area contributed by atoms with Crippen molar-refractivity contribution in [3.63, 3.8) is 0 Å². The normalized spacial score (nSPS) is 12.8. The fourth-order valence-electron chi connectivity index (χ4n) is 3.17. The maximum Gasteiger partial charge on any atom is 0.416 e. The van der Waals surface area contributed by atoms with E-state index in [0.29, 0.717) is 18.7 Å². The zero-order valence-corrected chi connectivity index (χ0v) is 19.1. The molecule has 8 nitrogen and oxygen atoms in total. The minimum Gasteiger partial charge on any atom is -0.344 e. The van der Waals surface area contributed by atoms with Crippen molar-refractivity contribution in [1.29, 1.82) is 0 Å². The standard InChI is InChI=1S/C22H20F6N6O2/c1-4-33(3)20(36)14-10-31-34(11-14)18-17(29-5-6-30-18)12(2)32-19(35)13-7-15(21(23,24)25)9-16(8-13)22(26,27)28/h5-12H,4H2,1-3H3,(H,32,35). The Bertz CT molecular complexity index is 1240. The number of alkyl halides is 6. The second kappa shape index (κ2) is 9.95. The van der Waals surface area contributed by atoms with Gasteiger partial charge in [0, 0.05) is 37.7 Å². The van der Waals surface area contributed by atoms with Crippen LogP contribution in [0.4, 0.5) is 26.3 Å². The molecule has 14 heteroatoms. The molecular weight excluding hydrogens is 494 g/mol. The van der Waals surface area contributed by atoms with Crippen LogP contribution in [0, 0.1) is 0 Å². The van der Waals surface area contributed by atoms with E-state index in [1.54, 1.807) is 14.0 Å². The van der Waals surface area contributed by atoms with Gasteiger partial charge in [-0.1, -0.05) is 0 Å². The number of halogens is 6. The second-order valence-electron chi connectivity index (χ2n) is 7.75. The van der Waals surface area contributed by atoms with Gasteiger partial charge in [0.2, 0.25) is 0 Å². The zero-order chi connectivity index (χ0) is 26.8. The van der Waals surface area contributed by atoms with Crippen LogP contribution >= 0.6 is 0 Å². The Labute approximate surface area is 201 Å². The molecule has 0 saturated heterocycles. The first-order valence-corrected chi connectivity index (χ1v) is 10.4. The second-order valence-corrected chi connectivity index (χ2v) is 7.75. The monoisotopic (exact) mass is 514 g/mol. The highest BCUT2D eigenvalue weighted by atomic mass is 19.4. The van der Waals surface area contributed by atoms with Crippen molar-refractivity contribution in [3.05, 3.63) is 70.9 Å². The van der Waals surface area contributed by atoms with Crippen molar-refractivity contribution in [2.24, 2.45) is 0 Å². The average molecular weight is 514 g/mol.